The van der Waals surface area contributed by atoms with Crippen molar-refractivity contribution in [2.24, 2.45) is 0 Å². The number of hydrogen-bond acceptors (Lipinski definition) is 3. The van der Waals surface area contributed by atoms with E-state index in [1.165, 1.54) is 11.1 Å². The lowest BCUT2D eigenvalue weighted by Crippen LogP contribution is -1.96. The molecular weight excluding hydrogens is 240 g/mol. The topological polar surface area (TPSA) is 25.8 Å². The second-order valence-corrected chi connectivity index (χ2v) is 5.40. The number of hydrogen-bond donors (Lipinski definition) is 0. The van der Waals surface area contributed by atoms with E-state index in [4.69, 9.17) is 0 Å². The van der Waals surface area contributed by atoms with Crippen molar-refractivity contribution in [3.05, 3.63) is 47.7 Å². The Morgan fingerprint density at radius 2 is 1.94 bits per heavy atom. The van der Waals surface area contributed by atoms with Crippen molar-refractivity contribution in [2.45, 2.75) is 19.8 Å². The van der Waals surface area contributed by atoms with E-state index < -0.39 is 0 Å². The van der Waals surface area contributed by atoms with Gasteiger partial charge in [-0.15, -0.1) is 11.3 Å². The summed E-state index contributed by atoms with van der Waals surface area (Å²) in [5, 5.41) is 3.16. The molecule has 0 amide bonds. The van der Waals surface area contributed by atoms with E-state index in [-0.39, 0.29) is 0 Å². The van der Waals surface area contributed by atoms with E-state index in [2.05, 4.69) is 47.5 Å². The average molecular weight is 253 g/mol. The first-order valence-corrected chi connectivity index (χ1v) is 6.86. The molecule has 2 nitrogen and oxygen atoms in total. The molecule has 3 heteroatoms. The van der Waals surface area contributed by atoms with Gasteiger partial charge in [0.2, 0.25) is 0 Å². The first kappa shape index (κ1) is 11.4. The lowest BCUT2D eigenvalue weighted by atomic mass is 10.1. The zero-order valence-corrected chi connectivity index (χ0v) is 11.2. The lowest BCUT2D eigenvalue weighted by molar-refractivity contribution is 0.783. The van der Waals surface area contributed by atoms with E-state index in [9.17, 15) is 0 Å². The minimum absolute atomic E-state index is 0.341. The van der Waals surface area contributed by atoms with Gasteiger partial charge in [0, 0.05) is 22.2 Å². The predicted octanol–water partition coefficient (Wildman–Crippen LogP) is 4.28. The first-order valence-electron chi connectivity index (χ1n) is 5.98. The summed E-state index contributed by atoms with van der Waals surface area (Å²) >= 11 is 1.66. The third-order valence-electron chi connectivity index (χ3n) is 2.87. The molecule has 0 unspecified atom stereocenters. The summed E-state index contributed by atoms with van der Waals surface area (Å²) in [6, 6.07) is 10.3. The number of rotatable bonds is 2. The van der Waals surface area contributed by atoms with E-state index >= 15 is 0 Å². The molecule has 1 radical (unpaired) electrons. The van der Waals surface area contributed by atoms with Gasteiger partial charge in [-0.2, -0.15) is 0 Å². The Morgan fingerprint density at radius 1 is 1.17 bits per heavy atom. The summed E-state index contributed by atoms with van der Waals surface area (Å²) in [7, 11) is 0. The summed E-state index contributed by atoms with van der Waals surface area (Å²) in [5.74, 6) is 1.21. The van der Waals surface area contributed by atoms with Crippen LogP contribution in [-0.2, 0) is 0 Å². The Hall–Kier alpha value is -1.74. The van der Waals surface area contributed by atoms with Gasteiger partial charge in [-0.05, 0) is 5.56 Å². The van der Waals surface area contributed by atoms with Crippen LogP contribution in [0, 0.1) is 6.20 Å². The van der Waals surface area contributed by atoms with Gasteiger partial charge in [0.05, 0.1) is 0 Å². The maximum absolute atomic E-state index is 4.60. The maximum atomic E-state index is 4.60. The molecule has 0 saturated carbocycles. The molecule has 0 aliphatic rings. The Labute approximate surface area is 110 Å². The van der Waals surface area contributed by atoms with Gasteiger partial charge in [0.1, 0.15) is 16.9 Å². The average Bonchev–Trinajstić information content (AvgIpc) is 2.82. The van der Waals surface area contributed by atoms with Gasteiger partial charge < -0.3 is 0 Å². The molecule has 3 rings (SSSR count). The molecule has 0 aliphatic heterocycles. The molecule has 1 aromatic carbocycles. The van der Waals surface area contributed by atoms with Crippen molar-refractivity contribution < 1.29 is 0 Å². The van der Waals surface area contributed by atoms with Gasteiger partial charge >= 0.3 is 0 Å². The summed E-state index contributed by atoms with van der Waals surface area (Å²) < 4.78 is 0. The Bertz CT molecular complexity index is 671. The quantitative estimate of drug-likeness (QED) is 0.681. The van der Waals surface area contributed by atoms with Crippen LogP contribution in [-0.4, -0.2) is 9.97 Å². The zero-order valence-electron chi connectivity index (χ0n) is 10.3. The number of aromatic nitrogens is 2. The molecule has 0 aliphatic carbocycles. The van der Waals surface area contributed by atoms with Gasteiger partial charge in [0.25, 0.3) is 0 Å². The summed E-state index contributed by atoms with van der Waals surface area (Å²) in [6.45, 7) is 4.20. The predicted molar refractivity (Wildman–Crippen MR) is 75.8 cm³/mol. The SMILES string of the molecule is CC(C)c1n[c]c2c(-c3ccccc3)csc2n1. The van der Waals surface area contributed by atoms with Gasteiger partial charge in [-0.3, -0.25) is 0 Å². The van der Waals surface area contributed by atoms with Crippen LogP contribution in [0.5, 0.6) is 0 Å². The number of fused-ring (bicyclic) bond motifs is 1. The van der Waals surface area contributed by atoms with E-state index in [1.807, 2.05) is 18.2 Å². The first-order chi connectivity index (χ1) is 8.75. The second kappa shape index (κ2) is 4.50. The zero-order chi connectivity index (χ0) is 12.5. The summed E-state index contributed by atoms with van der Waals surface area (Å²) in [6.07, 6.45) is 3.15. The van der Waals surface area contributed by atoms with Crippen LogP contribution in [0.1, 0.15) is 25.6 Å². The third kappa shape index (κ3) is 1.91. The molecule has 0 N–H and O–H groups in total. The van der Waals surface area contributed by atoms with Crippen molar-refractivity contribution in [2.75, 3.05) is 0 Å². The molecular formula is C15H13N2S. The van der Waals surface area contributed by atoms with Crippen molar-refractivity contribution in [1.82, 2.24) is 9.97 Å². The van der Waals surface area contributed by atoms with Gasteiger partial charge in [-0.25, -0.2) is 9.97 Å². The summed E-state index contributed by atoms with van der Waals surface area (Å²) in [4.78, 5) is 9.95. The molecule has 0 fully saturated rings. The van der Waals surface area contributed by atoms with E-state index in [0.717, 1.165) is 16.0 Å². The van der Waals surface area contributed by atoms with Gasteiger partial charge in [0.15, 0.2) is 0 Å². The molecule has 2 aromatic heterocycles. The fourth-order valence-electron chi connectivity index (χ4n) is 1.87. The van der Waals surface area contributed by atoms with Crippen LogP contribution < -0.4 is 0 Å². The van der Waals surface area contributed by atoms with Crippen LogP contribution in [0.25, 0.3) is 21.3 Å². The van der Waals surface area contributed by atoms with Crippen LogP contribution in [0.2, 0.25) is 0 Å². The van der Waals surface area contributed by atoms with E-state index in [0.29, 0.717) is 5.92 Å². The highest BCUT2D eigenvalue weighted by molar-refractivity contribution is 7.17. The molecule has 0 spiro atoms. The van der Waals surface area contributed by atoms with Crippen molar-refractivity contribution >= 4 is 21.6 Å². The standard InChI is InChI=1S/C15H13N2S/c1-10(2)14-16-8-12-13(9-18-15(12)17-14)11-6-4-3-5-7-11/h3-7,9-10H,1-2H3. The number of benzene rings is 1. The fraction of sp³-hybridized carbons (Fsp3) is 0.200. The van der Waals surface area contributed by atoms with Crippen molar-refractivity contribution in [3.63, 3.8) is 0 Å². The minimum atomic E-state index is 0.341. The van der Waals surface area contributed by atoms with Crippen LogP contribution in [0.3, 0.4) is 0 Å². The van der Waals surface area contributed by atoms with Crippen LogP contribution >= 0.6 is 11.3 Å². The highest BCUT2D eigenvalue weighted by Gasteiger charge is 2.10. The Balaban J connectivity index is 2.16. The monoisotopic (exact) mass is 253 g/mol. The maximum Gasteiger partial charge on any atom is 0.133 e. The van der Waals surface area contributed by atoms with E-state index in [1.54, 1.807) is 11.3 Å². The molecule has 2 heterocycles. The largest absolute Gasteiger partial charge is 0.230 e. The molecule has 0 bridgehead atoms. The Morgan fingerprint density at radius 3 is 2.67 bits per heavy atom. The van der Waals surface area contributed by atoms with Crippen LogP contribution in [0.15, 0.2) is 35.7 Å². The normalized spacial score (nSPS) is 11.3. The molecule has 0 atom stereocenters. The molecule has 3 aromatic rings. The lowest BCUT2D eigenvalue weighted by Gasteiger charge is -2.02. The second-order valence-electron chi connectivity index (χ2n) is 4.54. The molecule has 18 heavy (non-hydrogen) atoms. The molecule has 89 valence electrons. The van der Waals surface area contributed by atoms with Crippen molar-refractivity contribution in [1.29, 1.82) is 0 Å². The van der Waals surface area contributed by atoms with Crippen molar-refractivity contribution in [3.8, 4) is 11.1 Å². The van der Waals surface area contributed by atoms with Gasteiger partial charge in [-0.1, -0.05) is 44.2 Å². The number of thiophene rings is 1. The van der Waals surface area contributed by atoms with Crippen LogP contribution in [0.4, 0.5) is 0 Å². The highest BCUT2D eigenvalue weighted by Crippen LogP contribution is 2.32. The highest BCUT2D eigenvalue weighted by atomic mass is 32.1. The third-order valence-corrected chi connectivity index (χ3v) is 3.74. The number of nitrogens with zero attached hydrogens (tertiary/aromatic N) is 2. The Kier molecular flexibility index (Phi) is 2.84. The molecule has 0 saturated heterocycles. The smallest absolute Gasteiger partial charge is 0.133 e. The minimum Gasteiger partial charge on any atom is -0.230 e. The summed E-state index contributed by atoms with van der Waals surface area (Å²) in [5.41, 5.74) is 2.37. The fourth-order valence-corrected chi connectivity index (χ4v) is 2.77.